The van der Waals surface area contributed by atoms with E-state index in [1.807, 2.05) is 0 Å². The van der Waals surface area contributed by atoms with Gasteiger partial charge in [0.2, 0.25) is 5.76 Å². The molecule has 0 bridgehead atoms. The summed E-state index contributed by atoms with van der Waals surface area (Å²) in [7, 11) is 0. The first-order valence-electron chi connectivity index (χ1n) is 5.28. The van der Waals surface area contributed by atoms with E-state index in [0.29, 0.717) is 5.69 Å². The zero-order valence-corrected chi connectivity index (χ0v) is 9.88. The number of nitrogens with one attached hydrogen (secondary N) is 1. The maximum atomic E-state index is 11.7. The summed E-state index contributed by atoms with van der Waals surface area (Å²) < 4.78 is 4.77. The van der Waals surface area contributed by atoms with Gasteiger partial charge in [-0.05, 0) is 19.1 Å². The second kappa shape index (κ2) is 4.81. The van der Waals surface area contributed by atoms with Crippen LogP contribution in [0, 0.1) is 6.92 Å². The Bertz CT molecular complexity index is 647. The van der Waals surface area contributed by atoms with Crippen LogP contribution >= 0.6 is 0 Å². The van der Waals surface area contributed by atoms with E-state index in [1.165, 1.54) is 18.2 Å². The van der Waals surface area contributed by atoms with Crippen molar-refractivity contribution >= 4 is 17.6 Å². The molecule has 0 saturated carbocycles. The number of carbonyl (C=O) groups excluding carboxylic acids is 1. The van der Waals surface area contributed by atoms with Crippen molar-refractivity contribution in [3.63, 3.8) is 0 Å². The zero-order chi connectivity index (χ0) is 14.0. The highest BCUT2D eigenvalue weighted by atomic mass is 16.5. The van der Waals surface area contributed by atoms with Gasteiger partial charge in [0, 0.05) is 17.8 Å². The van der Waals surface area contributed by atoms with Crippen LogP contribution in [-0.4, -0.2) is 27.2 Å². The molecule has 2 aromatic rings. The van der Waals surface area contributed by atoms with Gasteiger partial charge in [-0.15, -0.1) is 0 Å². The molecule has 1 heterocycles. The fourth-order valence-corrected chi connectivity index (χ4v) is 1.45. The molecule has 0 spiro atoms. The number of hydrogen-bond donors (Lipinski definition) is 3. The first kappa shape index (κ1) is 12.6. The van der Waals surface area contributed by atoms with Gasteiger partial charge < -0.3 is 20.1 Å². The number of phenols is 1. The molecule has 0 aliphatic carbocycles. The summed E-state index contributed by atoms with van der Waals surface area (Å²) in [5.41, 5.74) is 0.573. The number of benzene rings is 1. The van der Waals surface area contributed by atoms with E-state index in [4.69, 9.17) is 9.63 Å². The van der Waals surface area contributed by atoms with Crippen molar-refractivity contribution in [2.75, 3.05) is 5.32 Å². The SMILES string of the molecule is Cc1cc(C(=O)Nc2ccc(C(=O)O)c(O)c2)on1. The molecule has 0 unspecified atom stereocenters. The van der Waals surface area contributed by atoms with Gasteiger partial charge in [-0.2, -0.15) is 0 Å². The number of aromatic carboxylic acids is 1. The van der Waals surface area contributed by atoms with E-state index in [2.05, 4.69) is 10.5 Å². The van der Waals surface area contributed by atoms with Crippen LogP contribution in [0.5, 0.6) is 5.75 Å². The Hall–Kier alpha value is -2.83. The summed E-state index contributed by atoms with van der Waals surface area (Å²) in [6, 6.07) is 5.16. The Morgan fingerprint density at radius 1 is 1.32 bits per heavy atom. The van der Waals surface area contributed by atoms with Crippen molar-refractivity contribution in [2.45, 2.75) is 6.92 Å². The van der Waals surface area contributed by atoms with Crippen molar-refractivity contribution in [2.24, 2.45) is 0 Å². The molecule has 98 valence electrons. The standard InChI is InChI=1S/C12H10N2O5/c1-6-4-10(19-14-6)11(16)13-7-2-3-8(12(17)18)9(15)5-7/h2-5,15H,1H3,(H,13,16)(H,17,18). The maximum Gasteiger partial charge on any atom is 0.339 e. The number of carboxylic acids is 1. The fraction of sp³-hybridized carbons (Fsp3) is 0.0833. The molecule has 0 radical (unpaired) electrons. The summed E-state index contributed by atoms with van der Waals surface area (Å²) >= 11 is 0. The highest BCUT2D eigenvalue weighted by molar-refractivity contribution is 6.02. The molecule has 0 aliphatic rings. The van der Waals surface area contributed by atoms with Crippen LogP contribution < -0.4 is 5.32 Å². The first-order valence-corrected chi connectivity index (χ1v) is 5.28. The minimum Gasteiger partial charge on any atom is -0.507 e. The van der Waals surface area contributed by atoms with E-state index < -0.39 is 17.6 Å². The summed E-state index contributed by atoms with van der Waals surface area (Å²) in [6.45, 7) is 1.67. The molecular weight excluding hydrogens is 252 g/mol. The molecule has 1 aromatic heterocycles. The molecule has 7 heteroatoms. The Balaban J connectivity index is 2.18. The van der Waals surface area contributed by atoms with Crippen molar-refractivity contribution in [3.05, 3.63) is 41.3 Å². The molecule has 2 rings (SSSR count). The van der Waals surface area contributed by atoms with E-state index in [0.717, 1.165) is 6.07 Å². The van der Waals surface area contributed by atoms with Crippen molar-refractivity contribution in [3.8, 4) is 5.75 Å². The second-order valence-corrected chi connectivity index (χ2v) is 3.82. The summed E-state index contributed by atoms with van der Waals surface area (Å²) in [5.74, 6) is -2.19. The molecule has 0 fully saturated rings. The molecule has 0 atom stereocenters. The number of aromatic hydroxyl groups is 1. The van der Waals surface area contributed by atoms with Crippen LogP contribution in [0.2, 0.25) is 0 Å². The van der Waals surface area contributed by atoms with E-state index >= 15 is 0 Å². The zero-order valence-electron chi connectivity index (χ0n) is 9.88. The Kier molecular flexibility index (Phi) is 3.19. The average Bonchev–Trinajstić information content (AvgIpc) is 2.75. The topological polar surface area (TPSA) is 113 Å². The Morgan fingerprint density at radius 3 is 2.58 bits per heavy atom. The van der Waals surface area contributed by atoms with Crippen LogP contribution in [0.25, 0.3) is 0 Å². The van der Waals surface area contributed by atoms with E-state index in [9.17, 15) is 14.7 Å². The van der Waals surface area contributed by atoms with E-state index in [1.54, 1.807) is 6.92 Å². The number of hydrogen-bond acceptors (Lipinski definition) is 5. The van der Waals surface area contributed by atoms with Gasteiger partial charge in [-0.25, -0.2) is 4.79 Å². The number of rotatable bonds is 3. The number of amides is 1. The quantitative estimate of drug-likeness (QED) is 0.775. The summed E-state index contributed by atoms with van der Waals surface area (Å²) in [4.78, 5) is 22.4. The van der Waals surface area contributed by atoms with Gasteiger partial charge >= 0.3 is 5.97 Å². The third-order valence-electron chi connectivity index (χ3n) is 2.34. The van der Waals surface area contributed by atoms with Gasteiger partial charge in [0.1, 0.15) is 11.3 Å². The molecular formula is C12H10N2O5. The highest BCUT2D eigenvalue weighted by Crippen LogP contribution is 2.22. The van der Waals surface area contributed by atoms with E-state index in [-0.39, 0.29) is 17.0 Å². The van der Waals surface area contributed by atoms with Gasteiger partial charge in [0.25, 0.3) is 5.91 Å². The van der Waals surface area contributed by atoms with Gasteiger partial charge in [0.05, 0.1) is 5.69 Å². The Labute approximate surface area is 107 Å². The number of nitrogens with zero attached hydrogens (tertiary/aromatic N) is 1. The fourth-order valence-electron chi connectivity index (χ4n) is 1.45. The van der Waals surface area contributed by atoms with Crippen LogP contribution in [0.4, 0.5) is 5.69 Å². The molecule has 1 amide bonds. The Morgan fingerprint density at radius 2 is 2.05 bits per heavy atom. The lowest BCUT2D eigenvalue weighted by atomic mass is 10.2. The average molecular weight is 262 g/mol. The number of carbonyl (C=O) groups is 2. The molecule has 1 aromatic carbocycles. The van der Waals surface area contributed by atoms with Crippen LogP contribution in [0.3, 0.4) is 0 Å². The number of aryl methyl sites for hydroxylation is 1. The van der Waals surface area contributed by atoms with Crippen LogP contribution in [0.1, 0.15) is 26.6 Å². The molecule has 3 N–H and O–H groups in total. The largest absolute Gasteiger partial charge is 0.507 e. The van der Waals surface area contributed by atoms with Crippen molar-refractivity contribution in [1.29, 1.82) is 0 Å². The first-order chi connectivity index (χ1) is 8.97. The normalized spacial score (nSPS) is 10.2. The van der Waals surface area contributed by atoms with Crippen LogP contribution in [0.15, 0.2) is 28.8 Å². The molecule has 19 heavy (non-hydrogen) atoms. The highest BCUT2D eigenvalue weighted by Gasteiger charge is 2.14. The minimum absolute atomic E-state index is 0.0271. The summed E-state index contributed by atoms with van der Waals surface area (Å²) in [5, 5.41) is 24.3. The predicted molar refractivity (Wildman–Crippen MR) is 64.3 cm³/mol. The van der Waals surface area contributed by atoms with Gasteiger partial charge in [-0.3, -0.25) is 4.79 Å². The number of carboxylic acid groups (broad SMARTS) is 1. The molecule has 0 saturated heterocycles. The lowest BCUT2D eigenvalue weighted by Crippen LogP contribution is -2.11. The monoisotopic (exact) mass is 262 g/mol. The van der Waals surface area contributed by atoms with Crippen LogP contribution in [-0.2, 0) is 0 Å². The van der Waals surface area contributed by atoms with Crippen molar-refractivity contribution < 1.29 is 24.3 Å². The smallest absolute Gasteiger partial charge is 0.339 e. The number of aromatic nitrogens is 1. The predicted octanol–water partition coefficient (Wildman–Crippen LogP) is 1.64. The lowest BCUT2D eigenvalue weighted by Gasteiger charge is -2.05. The third kappa shape index (κ3) is 2.71. The molecule has 0 aliphatic heterocycles. The van der Waals surface area contributed by atoms with Crippen molar-refractivity contribution in [1.82, 2.24) is 5.16 Å². The minimum atomic E-state index is -1.25. The molecule has 7 nitrogen and oxygen atoms in total. The lowest BCUT2D eigenvalue weighted by molar-refractivity contribution is 0.0693. The number of anilines is 1. The maximum absolute atomic E-state index is 11.7. The van der Waals surface area contributed by atoms with Gasteiger partial charge in [0.15, 0.2) is 0 Å². The summed E-state index contributed by atoms with van der Waals surface area (Å²) in [6.07, 6.45) is 0. The van der Waals surface area contributed by atoms with Gasteiger partial charge in [-0.1, -0.05) is 5.16 Å². The second-order valence-electron chi connectivity index (χ2n) is 3.82. The third-order valence-corrected chi connectivity index (χ3v) is 2.34.